The molecule has 1 aromatic heterocycles. The van der Waals surface area contributed by atoms with Crippen molar-refractivity contribution in [3.63, 3.8) is 0 Å². The lowest BCUT2D eigenvalue weighted by Gasteiger charge is -2.12. The smallest absolute Gasteiger partial charge is 0.229 e. The summed E-state index contributed by atoms with van der Waals surface area (Å²) in [7, 11) is 0. The van der Waals surface area contributed by atoms with Crippen LogP contribution in [0.4, 0.5) is 26.2 Å². The molecule has 0 spiro atoms. The first kappa shape index (κ1) is 16.8. The van der Waals surface area contributed by atoms with Crippen molar-refractivity contribution < 1.29 is 8.78 Å². The van der Waals surface area contributed by atoms with Crippen molar-refractivity contribution in [3.05, 3.63) is 77.0 Å². The van der Waals surface area contributed by atoms with Crippen molar-refractivity contribution >= 4 is 17.5 Å². The molecule has 0 unspecified atom stereocenters. The lowest BCUT2D eigenvalue weighted by Crippen LogP contribution is -2.07. The molecule has 128 valence electrons. The minimum atomic E-state index is -0.695. The lowest BCUT2D eigenvalue weighted by atomic mass is 10.1. The average Bonchev–Trinajstić information content (AvgIpc) is 2.57. The van der Waals surface area contributed by atoms with Crippen LogP contribution in [0.2, 0.25) is 0 Å². The number of halogens is 2. The first-order valence-corrected chi connectivity index (χ1v) is 7.88. The van der Waals surface area contributed by atoms with Crippen molar-refractivity contribution in [3.8, 4) is 0 Å². The first-order chi connectivity index (χ1) is 12.0. The molecule has 0 atom stereocenters. The summed E-state index contributed by atoms with van der Waals surface area (Å²) in [6.07, 6.45) is 0. The average molecular weight is 340 g/mol. The summed E-state index contributed by atoms with van der Waals surface area (Å²) in [5.41, 5.74) is 2.74. The minimum absolute atomic E-state index is 0.135. The second kappa shape index (κ2) is 7.25. The summed E-state index contributed by atoms with van der Waals surface area (Å²) in [6.45, 7) is 4.43. The predicted molar refractivity (Wildman–Crippen MR) is 94.9 cm³/mol. The fourth-order valence-corrected chi connectivity index (χ4v) is 2.44. The van der Waals surface area contributed by atoms with E-state index in [2.05, 4.69) is 20.6 Å². The van der Waals surface area contributed by atoms with Gasteiger partial charge in [0.15, 0.2) is 0 Å². The number of hydrogen-bond acceptors (Lipinski definition) is 4. The van der Waals surface area contributed by atoms with E-state index in [1.54, 1.807) is 13.0 Å². The molecule has 25 heavy (non-hydrogen) atoms. The zero-order valence-electron chi connectivity index (χ0n) is 14.0. The fourth-order valence-electron chi connectivity index (χ4n) is 2.44. The van der Waals surface area contributed by atoms with Gasteiger partial charge in [-0.15, -0.1) is 0 Å². The number of rotatable bonds is 5. The molecule has 0 fully saturated rings. The Bertz CT molecular complexity index is 876. The Morgan fingerprint density at radius 1 is 0.920 bits per heavy atom. The second-order valence-corrected chi connectivity index (χ2v) is 5.72. The topological polar surface area (TPSA) is 49.8 Å². The summed E-state index contributed by atoms with van der Waals surface area (Å²) < 4.78 is 27.6. The van der Waals surface area contributed by atoms with Gasteiger partial charge < -0.3 is 10.6 Å². The van der Waals surface area contributed by atoms with Crippen molar-refractivity contribution in [2.75, 3.05) is 10.6 Å². The molecule has 0 saturated carbocycles. The Balaban J connectivity index is 1.80. The van der Waals surface area contributed by atoms with Crippen LogP contribution in [0.1, 0.15) is 16.8 Å². The Morgan fingerprint density at radius 3 is 2.36 bits per heavy atom. The highest BCUT2D eigenvalue weighted by molar-refractivity contribution is 5.56. The maximum atomic E-state index is 13.8. The van der Waals surface area contributed by atoms with Crippen LogP contribution >= 0.6 is 0 Å². The van der Waals surface area contributed by atoms with Crippen LogP contribution in [0.25, 0.3) is 0 Å². The van der Waals surface area contributed by atoms with E-state index >= 15 is 0 Å². The van der Waals surface area contributed by atoms with Crippen LogP contribution in [-0.4, -0.2) is 9.97 Å². The van der Waals surface area contributed by atoms with Crippen LogP contribution in [0.3, 0.4) is 0 Å². The van der Waals surface area contributed by atoms with Crippen LogP contribution in [0, 0.1) is 25.5 Å². The Labute approximate surface area is 145 Å². The molecule has 0 aliphatic rings. The molecule has 0 radical (unpaired) electrons. The van der Waals surface area contributed by atoms with Gasteiger partial charge in [-0.2, -0.15) is 4.98 Å². The summed E-state index contributed by atoms with van der Waals surface area (Å²) >= 11 is 0. The Kier molecular flexibility index (Phi) is 4.88. The van der Waals surface area contributed by atoms with Gasteiger partial charge in [0.2, 0.25) is 5.95 Å². The van der Waals surface area contributed by atoms with E-state index in [0.29, 0.717) is 18.1 Å². The maximum absolute atomic E-state index is 13.8. The van der Waals surface area contributed by atoms with Gasteiger partial charge in [0.05, 0.1) is 0 Å². The maximum Gasteiger partial charge on any atom is 0.229 e. The molecule has 3 rings (SSSR count). The minimum Gasteiger partial charge on any atom is -0.366 e. The van der Waals surface area contributed by atoms with Crippen LogP contribution in [-0.2, 0) is 6.54 Å². The quantitative estimate of drug-likeness (QED) is 0.705. The van der Waals surface area contributed by atoms with E-state index in [1.807, 2.05) is 31.2 Å². The summed E-state index contributed by atoms with van der Waals surface area (Å²) in [5, 5.41) is 5.84. The molecule has 3 aromatic rings. The normalized spacial score (nSPS) is 10.6. The number of nitrogens with zero attached hydrogens (tertiary/aromatic N) is 2. The van der Waals surface area contributed by atoms with E-state index in [9.17, 15) is 8.78 Å². The number of hydrogen-bond donors (Lipinski definition) is 2. The van der Waals surface area contributed by atoms with E-state index in [4.69, 9.17) is 0 Å². The third-order valence-corrected chi connectivity index (χ3v) is 3.77. The highest BCUT2D eigenvalue weighted by Gasteiger charge is 2.11. The van der Waals surface area contributed by atoms with E-state index in [-0.39, 0.29) is 11.6 Å². The molecule has 2 N–H and O–H groups in total. The zero-order chi connectivity index (χ0) is 17.8. The number of aromatic nitrogens is 2. The van der Waals surface area contributed by atoms with E-state index in [0.717, 1.165) is 5.56 Å². The van der Waals surface area contributed by atoms with Crippen LogP contribution in [0.15, 0.2) is 48.5 Å². The number of benzene rings is 2. The molecular weight excluding hydrogens is 322 g/mol. The zero-order valence-corrected chi connectivity index (χ0v) is 14.0. The molecule has 0 aliphatic carbocycles. The first-order valence-electron chi connectivity index (χ1n) is 7.88. The number of anilines is 3. The molecule has 0 saturated heterocycles. The van der Waals surface area contributed by atoms with Crippen molar-refractivity contribution in [2.45, 2.75) is 20.4 Å². The highest BCUT2D eigenvalue weighted by Crippen LogP contribution is 2.22. The molecule has 0 amide bonds. The van der Waals surface area contributed by atoms with Crippen molar-refractivity contribution in [2.24, 2.45) is 0 Å². The molecule has 6 heteroatoms. The summed E-state index contributed by atoms with van der Waals surface area (Å²) in [5.74, 6) is -0.676. The molecule has 4 nitrogen and oxygen atoms in total. The second-order valence-electron chi connectivity index (χ2n) is 5.72. The lowest BCUT2D eigenvalue weighted by molar-refractivity contribution is 0.590. The van der Waals surface area contributed by atoms with Gasteiger partial charge in [-0.05, 0) is 37.1 Å². The standard InChI is InChI=1S/C19H18F2N4/c1-12-6-3-4-7-14(12)11-22-17-10-13(2)23-19(24-17)25-18-15(20)8-5-9-16(18)21/h3-10H,11H2,1-2H3,(H2,22,23,24,25). The van der Waals surface area contributed by atoms with E-state index < -0.39 is 11.6 Å². The molecule has 2 aromatic carbocycles. The van der Waals surface area contributed by atoms with Gasteiger partial charge in [0, 0.05) is 18.3 Å². The van der Waals surface area contributed by atoms with Crippen molar-refractivity contribution in [1.29, 1.82) is 0 Å². The number of aryl methyl sites for hydroxylation is 2. The SMILES string of the molecule is Cc1cc(NCc2ccccc2C)nc(Nc2c(F)cccc2F)n1. The van der Waals surface area contributed by atoms with Gasteiger partial charge in [-0.25, -0.2) is 13.8 Å². The van der Waals surface area contributed by atoms with Gasteiger partial charge in [-0.3, -0.25) is 0 Å². The van der Waals surface area contributed by atoms with Gasteiger partial charge in [0.25, 0.3) is 0 Å². The largest absolute Gasteiger partial charge is 0.366 e. The van der Waals surface area contributed by atoms with Gasteiger partial charge >= 0.3 is 0 Å². The molecule has 0 bridgehead atoms. The van der Waals surface area contributed by atoms with Crippen LogP contribution in [0.5, 0.6) is 0 Å². The Morgan fingerprint density at radius 2 is 1.64 bits per heavy atom. The van der Waals surface area contributed by atoms with Gasteiger partial charge in [0.1, 0.15) is 23.1 Å². The molecular formula is C19H18F2N4. The third-order valence-electron chi connectivity index (χ3n) is 3.77. The van der Waals surface area contributed by atoms with Crippen molar-refractivity contribution in [1.82, 2.24) is 9.97 Å². The third kappa shape index (κ3) is 4.09. The monoisotopic (exact) mass is 340 g/mol. The van der Waals surface area contributed by atoms with Crippen LogP contribution < -0.4 is 10.6 Å². The summed E-state index contributed by atoms with van der Waals surface area (Å²) in [6, 6.07) is 13.5. The number of nitrogens with one attached hydrogen (secondary N) is 2. The fraction of sp³-hybridized carbons (Fsp3) is 0.158. The Hall–Kier alpha value is -3.02. The van der Waals surface area contributed by atoms with Gasteiger partial charge in [-0.1, -0.05) is 30.3 Å². The predicted octanol–water partition coefficient (Wildman–Crippen LogP) is 4.73. The molecule has 0 aliphatic heterocycles. The number of para-hydroxylation sites is 1. The molecule has 1 heterocycles. The van der Waals surface area contributed by atoms with E-state index in [1.165, 1.54) is 23.8 Å². The highest BCUT2D eigenvalue weighted by atomic mass is 19.1. The summed E-state index contributed by atoms with van der Waals surface area (Å²) in [4.78, 5) is 8.48.